The van der Waals surface area contributed by atoms with Gasteiger partial charge in [-0.1, -0.05) is 17.4 Å². The highest BCUT2D eigenvalue weighted by molar-refractivity contribution is 7.15. The molecule has 2 heterocycles. The van der Waals surface area contributed by atoms with Gasteiger partial charge in [-0.15, -0.1) is 10.2 Å². The number of carbonyl (C=O) groups is 2. The molecule has 0 aliphatic carbocycles. The monoisotopic (exact) mass is 426 g/mol. The van der Waals surface area contributed by atoms with E-state index in [0.29, 0.717) is 30.3 Å². The van der Waals surface area contributed by atoms with Gasteiger partial charge in [0.05, 0.1) is 6.61 Å². The van der Waals surface area contributed by atoms with E-state index < -0.39 is 11.7 Å². The van der Waals surface area contributed by atoms with Gasteiger partial charge in [-0.2, -0.15) is 0 Å². The van der Waals surface area contributed by atoms with Crippen LogP contribution in [0.1, 0.15) is 44.8 Å². The fraction of sp³-hybridized carbons (Fsp3) is 0.364. The fourth-order valence-corrected chi connectivity index (χ4v) is 3.96. The molecular weight excluding hydrogens is 400 g/mol. The van der Waals surface area contributed by atoms with Gasteiger partial charge in [0.1, 0.15) is 5.01 Å². The van der Waals surface area contributed by atoms with Gasteiger partial charge in [0.25, 0.3) is 11.7 Å². The Bertz CT molecular complexity index is 1080. The summed E-state index contributed by atoms with van der Waals surface area (Å²) in [6.45, 7) is 11.0. The van der Waals surface area contributed by atoms with Crippen molar-refractivity contribution in [3.63, 3.8) is 0 Å². The van der Waals surface area contributed by atoms with Gasteiger partial charge >= 0.3 is 0 Å². The molecule has 30 heavy (non-hydrogen) atoms. The number of benzene rings is 1. The summed E-state index contributed by atoms with van der Waals surface area (Å²) in [5.74, 6) is -1.31. The number of nitrogens with zero attached hydrogens (tertiary/aromatic N) is 3. The first-order valence-corrected chi connectivity index (χ1v) is 10.7. The quantitative estimate of drug-likeness (QED) is 0.335. The van der Waals surface area contributed by atoms with E-state index in [1.54, 1.807) is 6.07 Å². The Balaban J connectivity index is 1.77. The van der Waals surface area contributed by atoms with Crippen molar-refractivity contribution in [1.29, 1.82) is 0 Å². The number of ketones is 1. The van der Waals surface area contributed by atoms with Gasteiger partial charge in [-0.3, -0.25) is 14.9 Å². The van der Waals surface area contributed by atoms with Crippen LogP contribution in [0.3, 0.4) is 0 Å². The first-order valence-electron chi connectivity index (χ1n) is 9.84. The van der Waals surface area contributed by atoms with E-state index in [1.807, 2.05) is 31.4 Å². The highest BCUT2D eigenvalue weighted by atomic mass is 32.1. The number of nitrogens with one attached hydrogen (secondary N) is 1. The van der Waals surface area contributed by atoms with Crippen LogP contribution in [0, 0.1) is 27.7 Å². The Morgan fingerprint density at radius 2 is 1.87 bits per heavy atom. The second-order valence-corrected chi connectivity index (χ2v) is 8.18. The number of rotatable bonds is 8. The predicted octanol–water partition coefficient (Wildman–Crippen LogP) is 3.96. The maximum atomic E-state index is 12.8. The number of hydrogen-bond acceptors (Lipinski definition) is 6. The van der Waals surface area contributed by atoms with Gasteiger partial charge < -0.3 is 9.30 Å². The zero-order valence-electron chi connectivity index (χ0n) is 17.9. The number of carbonyl (C=O) groups excluding carboxylic acids is 2. The highest BCUT2D eigenvalue weighted by Crippen LogP contribution is 2.24. The van der Waals surface area contributed by atoms with E-state index in [9.17, 15) is 9.59 Å². The average molecular weight is 427 g/mol. The molecule has 8 heteroatoms. The van der Waals surface area contributed by atoms with Crippen molar-refractivity contribution in [2.24, 2.45) is 0 Å². The molecule has 3 rings (SSSR count). The molecule has 1 N–H and O–H groups in total. The van der Waals surface area contributed by atoms with Crippen molar-refractivity contribution >= 4 is 28.2 Å². The standard InChI is InChI=1S/C22H26N4O3S/c1-6-29-10-9-19-24-25-22(30-19)23-21(28)20(27)18-12-15(4)26(16(18)5)17-8-7-13(2)14(3)11-17/h7-8,11-12H,6,9-10H2,1-5H3,(H,23,25,28). The topological polar surface area (TPSA) is 86.1 Å². The molecule has 0 saturated carbocycles. The normalized spacial score (nSPS) is 11.0. The van der Waals surface area contributed by atoms with Gasteiger partial charge in [-0.05, 0) is 63.9 Å². The zero-order chi connectivity index (χ0) is 21.8. The van der Waals surface area contributed by atoms with Crippen LogP contribution in [0.5, 0.6) is 0 Å². The highest BCUT2D eigenvalue weighted by Gasteiger charge is 2.24. The molecule has 3 aromatic rings. The van der Waals surface area contributed by atoms with Crippen molar-refractivity contribution in [1.82, 2.24) is 14.8 Å². The van der Waals surface area contributed by atoms with Crippen molar-refractivity contribution in [2.45, 2.75) is 41.0 Å². The summed E-state index contributed by atoms with van der Waals surface area (Å²) in [6.07, 6.45) is 0.618. The van der Waals surface area contributed by atoms with E-state index in [2.05, 4.69) is 41.5 Å². The summed E-state index contributed by atoms with van der Waals surface area (Å²) in [5.41, 5.74) is 5.34. The second kappa shape index (κ2) is 9.32. The third-order valence-corrected chi connectivity index (χ3v) is 5.88. The van der Waals surface area contributed by atoms with Gasteiger partial charge in [0.15, 0.2) is 0 Å². The first kappa shape index (κ1) is 21.9. The Kier molecular flexibility index (Phi) is 6.79. The van der Waals surface area contributed by atoms with Gasteiger partial charge in [0.2, 0.25) is 5.13 Å². The lowest BCUT2D eigenvalue weighted by Crippen LogP contribution is -2.23. The third-order valence-electron chi connectivity index (χ3n) is 4.98. The molecule has 7 nitrogen and oxygen atoms in total. The Morgan fingerprint density at radius 1 is 1.10 bits per heavy atom. The number of amides is 1. The molecule has 0 spiro atoms. The Labute approximate surface area is 180 Å². The summed E-state index contributed by atoms with van der Waals surface area (Å²) in [5, 5.41) is 11.6. The van der Waals surface area contributed by atoms with Crippen LogP contribution in [0.15, 0.2) is 24.3 Å². The molecular formula is C22H26N4O3S. The lowest BCUT2D eigenvalue weighted by Gasteiger charge is -2.12. The number of ether oxygens (including phenoxy) is 1. The molecule has 0 aliphatic rings. The molecule has 0 unspecified atom stereocenters. The maximum absolute atomic E-state index is 12.8. The molecule has 2 aromatic heterocycles. The SMILES string of the molecule is CCOCCc1nnc(NC(=O)C(=O)c2cc(C)n(-c3ccc(C)c(C)c3)c2C)s1. The molecule has 158 valence electrons. The van der Waals surface area contributed by atoms with Crippen molar-refractivity contribution in [3.8, 4) is 5.69 Å². The minimum absolute atomic E-state index is 0.308. The van der Waals surface area contributed by atoms with Crippen molar-refractivity contribution in [2.75, 3.05) is 18.5 Å². The van der Waals surface area contributed by atoms with Crippen LogP contribution in [0.2, 0.25) is 0 Å². The molecule has 0 aliphatic heterocycles. The van der Waals surface area contributed by atoms with E-state index in [0.717, 1.165) is 22.1 Å². The maximum Gasteiger partial charge on any atom is 0.298 e. The lowest BCUT2D eigenvalue weighted by atomic mass is 10.1. The summed E-state index contributed by atoms with van der Waals surface area (Å²) >= 11 is 1.24. The molecule has 0 saturated heterocycles. The van der Waals surface area contributed by atoms with E-state index in [-0.39, 0.29) is 0 Å². The molecule has 0 fully saturated rings. The molecule has 1 amide bonds. The van der Waals surface area contributed by atoms with E-state index in [1.165, 1.54) is 22.5 Å². The van der Waals surface area contributed by atoms with Crippen molar-refractivity contribution in [3.05, 3.63) is 57.4 Å². The molecule has 0 bridgehead atoms. The van der Waals surface area contributed by atoms with Crippen LogP contribution >= 0.6 is 11.3 Å². The largest absolute Gasteiger partial charge is 0.381 e. The van der Waals surface area contributed by atoms with Crippen LogP contribution in [0.4, 0.5) is 5.13 Å². The number of anilines is 1. The Morgan fingerprint density at radius 3 is 2.57 bits per heavy atom. The summed E-state index contributed by atoms with van der Waals surface area (Å²) in [7, 11) is 0. The van der Waals surface area contributed by atoms with E-state index >= 15 is 0 Å². The minimum Gasteiger partial charge on any atom is -0.381 e. The van der Waals surface area contributed by atoms with E-state index in [4.69, 9.17) is 4.74 Å². The molecule has 0 atom stereocenters. The fourth-order valence-electron chi connectivity index (χ4n) is 3.24. The minimum atomic E-state index is -0.720. The van der Waals surface area contributed by atoms with Gasteiger partial charge in [-0.25, -0.2) is 0 Å². The average Bonchev–Trinajstić information content (AvgIpc) is 3.27. The van der Waals surface area contributed by atoms with Gasteiger partial charge in [0, 0.05) is 35.7 Å². The second-order valence-electron chi connectivity index (χ2n) is 7.12. The third kappa shape index (κ3) is 4.66. The zero-order valence-corrected chi connectivity index (χ0v) is 18.7. The predicted molar refractivity (Wildman–Crippen MR) is 118 cm³/mol. The van der Waals surface area contributed by atoms with Crippen molar-refractivity contribution < 1.29 is 14.3 Å². The number of aryl methyl sites for hydroxylation is 3. The number of Topliss-reactive ketones (excluding diaryl/α,β-unsaturated/α-hetero) is 1. The smallest absolute Gasteiger partial charge is 0.298 e. The number of hydrogen-bond donors (Lipinski definition) is 1. The summed E-state index contributed by atoms with van der Waals surface area (Å²) < 4.78 is 7.29. The molecule has 1 aromatic carbocycles. The van der Waals surface area contributed by atoms with Crippen LogP contribution < -0.4 is 5.32 Å². The Hall–Kier alpha value is -2.84. The van der Waals surface area contributed by atoms with Crippen LogP contribution in [0.25, 0.3) is 5.69 Å². The molecule has 0 radical (unpaired) electrons. The number of aromatic nitrogens is 3. The first-order chi connectivity index (χ1) is 14.3. The van der Waals surface area contributed by atoms with Crippen LogP contribution in [-0.2, 0) is 16.0 Å². The van der Waals surface area contributed by atoms with Crippen LogP contribution in [-0.4, -0.2) is 39.7 Å². The summed E-state index contributed by atoms with van der Waals surface area (Å²) in [6, 6.07) is 7.90. The lowest BCUT2D eigenvalue weighted by molar-refractivity contribution is -0.112. The summed E-state index contributed by atoms with van der Waals surface area (Å²) in [4.78, 5) is 25.4.